The van der Waals surface area contributed by atoms with Crippen molar-refractivity contribution in [3.05, 3.63) is 84.6 Å². The lowest BCUT2D eigenvalue weighted by molar-refractivity contribution is 0.00578. The van der Waals surface area contributed by atoms with E-state index < -0.39 is 137 Å². The van der Waals surface area contributed by atoms with Crippen molar-refractivity contribution in [2.24, 2.45) is 0 Å². The third-order valence-electron chi connectivity index (χ3n) is 5.44. The van der Waals surface area contributed by atoms with Gasteiger partial charge in [0.1, 0.15) is 0 Å². The minimum atomic E-state index is -1.33. The van der Waals surface area contributed by atoms with Gasteiger partial charge in [0.25, 0.3) is 0 Å². The van der Waals surface area contributed by atoms with Crippen LogP contribution in [0.4, 0.5) is 0 Å². The smallest absolute Gasteiger partial charge is 0.399 e. The Bertz CT molecular complexity index is 1860. The Morgan fingerprint density at radius 1 is 0.606 bits per heavy atom. The van der Waals surface area contributed by atoms with Gasteiger partial charge in [-0.15, -0.1) is 0 Å². The zero-order valence-corrected chi connectivity index (χ0v) is 18.2. The van der Waals surface area contributed by atoms with Crippen molar-refractivity contribution in [2.45, 2.75) is 38.9 Å². The van der Waals surface area contributed by atoms with Crippen LogP contribution < -0.4 is 5.46 Å². The highest BCUT2D eigenvalue weighted by atomic mass is 16.7. The normalized spacial score (nSPS) is 22.6. The van der Waals surface area contributed by atoms with E-state index >= 15 is 0 Å². The highest BCUT2D eigenvalue weighted by Gasteiger charge is 2.51. The third kappa shape index (κ3) is 4.20. The lowest BCUT2D eigenvalue weighted by atomic mass is 9.78. The standard InChI is InChI=1S/C27H26BN3O2/c1-26(2)27(3,4)33-28(32-26)22-17-11-16-21(18-22)25-30-23(19-12-7-5-8-13-19)29-24(31-25)20-14-9-6-10-15-20/h5-18H,1-4H3/i5D,6D,7D,8D,9D,10D,11D,12D,13D,14D,15D,16D,17D,18D. The molecule has 0 N–H and O–H groups in total. The molecule has 1 aliphatic heterocycles. The Labute approximate surface area is 214 Å². The maximum atomic E-state index is 9.10. The fourth-order valence-electron chi connectivity index (χ4n) is 2.98. The van der Waals surface area contributed by atoms with Gasteiger partial charge < -0.3 is 9.31 Å². The molecule has 0 unspecified atom stereocenters. The second-order valence-electron chi connectivity index (χ2n) is 8.18. The topological polar surface area (TPSA) is 57.1 Å². The molecule has 0 aliphatic carbocycles. The van der Waals surface area contributed by atoms with Gasteiger partial charge in [-0.05, 0) is 33.2 Å². The maximum Gasteiger partial charge on any atom is 0.494 e. The minimum absolute atomic E-state index is 0.228. The molecule has 6 heteroatoms. The molecule has 0 spiro atoms. The molecule has 0 saturated carbocycles. The molecule has 0 radical (unpaired) electrons. The zero-order chi connectivity index (χ0) is 35.2. The maximum absolute atomic E-state index is 9.10. The van der Waals surface area contributed by atoms with Gasteiger partial charge in [-0.1, -0.05) is 84.6 Å². The predicted octanol–water partition coefficient (Wildman–Crippen LogP) is 5.17. The summed E-state index contributed by atoms with van der Waals surface area (Å²) in [5.74, 6) is -1.75. The fraction of sp³-hybridized carbons (Fsp3) is 0.222. The zero-order valence-electron chi connectivity index (χ0n) is 32.2. The monoisotopic (exact) mass is 449 g/mol. The highest BCUT2D eigenvalue weighted by molar-refractivity contribution is 6.62. The summed E-state index contributed by atoms with van der Waals surface area (Å²) in [5.41, 5.74) is -3.56. The van der Waals surface area contributed by atoms with E-state index in [0.29, 0.717) is 0 Å². The van der Waals surface area contributed by atoms with Crippen LogP contribution in [0.5, 0.6) is 0 Å². The Morgan fingerprint density at radius 2 is 1.03 bits per heavy atom. The molecule has 0 bridgehead atoms. The van der Waals surface area contributed by atoms with Crippen molar-refractivity contribution >= 4 is 12.6 Å². The molecule has 0 atom stereocenters. The molecular weight excluding hydrogens is 409 g/mol. The first-order valence-electron chi connectivity index (χ1n) is 17.0. The number of hydrogen-bond acceptors (Lipinski definition) is 5. The molecule has 0 amide bonds. The molecule has 5 nitrogen and oxygen atoms in total. The van der Waals surface area contributed by atoms with Crippen LogP contribution in [0.15, 0.2) is 84.6 Å². The molecule has 4 aromatic rings. The predicted molar refractivity (Wildman–Crippen MR) is 132 cm³/mol. The largest absolute Gasteiger partial charge is 0.494 e. The second kappa shape index (κ2) is 8.21. The van der Waals surface area contributed by atoms with Gasteiger partial charge in [0.2, 0.25) is 0 Å². The number of benzene rings is 3. The van der Waals surface area contributed by atoms with Crippen LogP contribution in [0.2, 0.25) is 0 Å². The van der Waals surface area contributed by atoms with Gasteiger partial charge in [-0.2, -0.15) is 0 Å². The molecule has 1 saturated heterocycles. The van der Waals surface area contributed by atoms with Crippen molar-refractivity contribution in [1.82, 2.24) is 15.0 Å². The van der Waals surface area contributed by atoms with Crippen LogP contribution in [-0.2, 0) is 9.31 Å². The summed E-state index contributed by atoms with van der Waals surface area (Å²) in [6.45, 7) is 6.97. The van der Waals surface area contributed by atoms with Crippen LogP contribution in [-0.4, -0.2) is 33.3 Å². The van der Waals surface area contributed by atoms with E-state index in [1.54, 1.807) is 27.7 Å². The highest BCUT2D eigenvalue weighted by Crippen LogP contribution is 2.36. The first kappa shape index (κ1) is 10.7. The van der Waals surface area contributed by atoms with E-state index in [1.165, 1.54) is 0 Å². The van der Waals surface area contributed by atoms with Gasteiger partial charge in [0.05, 0.1) is 30.4 Å². The van der Waals surface area contributed by atoms with Crippen LogP contribution in [0.1, 0.15) is 46.9 Å². The van der Waals surface area contributed by atoms with E-state index in [4.69, 9.17) is 28.5 Å². The summed E-state index contributed by atoms with van der Waals surface area (Å²) >= 11 is 0. The van der Waals surface area contributed by atoms with Crippen LogP contribution in [0.25, 0.3) is 34.2 Å². The van der Waals surface area contributed by atoms with Gasteiger partial charge in [-0.25, -0.2) is 15.0 Å². The summed E-state index contributed by atoms with van der Waals surface area (Å²) in [5, 5.41) is 0. The number of nitrogens with zero attached hydrogens (tertiary/aromatic N) is 3. The third-order valence-corrected chi connectivity index (χ3v) is 5.44. The molecule has 3 aromatic carbocycles. The van der Waals surface area contributed by atoms with Crippen LogP contribution in [0, 0.1) is 0 Å². The average Bonchev–Trinajstić information content (AvgIpc) is 3.21. The minimum Gasteiger partial charge on any atom is -0.399 e. The van der Waals surface area contributed by atoms with Crippen molar-refractivity contribution in [2.75, 3.05) is 0 Å². The molecule has 1 aromatic heterocycles. The Hall–Kier alpha value is -3.35. The molecule has 1 fully saturated rings. The number of aromatic nitrogens is 3. The average molecular weight is 449 g/mol. The molecule has 1 aliphatic rings. The lowest BCUT2D eigenvalue weighted by Crippen LogP contribution is -2.41. The summed E-state index contributed by atoms with van der Waals surface area (Å²) < 4.78 is 129. The second-order valence-corrected chi connectivity index (χ2v) is 8.18. The molecule has 5 rings (SSSR count). The summed E-state index contributed by atoms with van der Waals surface area (Å²) in [6, 6.07) is -9.67. The Morgan fingerprint density at radius 3 is 1.52 bits per heavy atom. The quantitative estimate of drug-likeness (QED) is 0.402. The summed E-state index contributed by atoms with van der Waals surface area (Å²) in [4.78, 5) is 12.7. The van der Waals surface area contributed by atoms with Gasteiger partial charge in [-0.3, -0.25) is 0 Å². The van der Waals surface area contributed by atoms with Crippen molar-refractivity contribution < 1.29 is 28.5 Å². The van der Waals surface area contributed by atoms with Gasteiger partial charge in [0.15, 0.2) is 17.5 Å². The molecule has 2 heterocycles. The lowest BCUT2D eigenvalue weighted by Gasteiger charge is -2.32. The number of rotatable bonds is 4. The van der Waals surface area contributed by atoms with Crippen LogP contribution in [0.3, 0.4) is 0 Å². The van der Waals surface area contributed by atoms with E-state index in [9.17, 15) is 0 Å². The Kier molecular flexibility index (Phi) is 2.67. The van der Waals surface area contributed by atoms with Crippen molar-refractivity contribution in [3.63, 3.8) is 0 Å². The van der Waals surface area contributed by atoms with E-state index in [-0.39, 0.29) is 5.46 Å². The fourth-order valence-corrected chi connectivity index (χ4v) is 2.98. The van der Waals surface area contributed by atoms with E-state index in [0.717, 1.165) is 0 Å². The van der Waals surface area contributed by atoms with Gasteiger partial charge in [0, 0.05) is 16.7 Å². The first-order chi connectivity index (χ1) is 21.6. The van der Waals surface area contributed by atoms with Gasteiger partial charge >= 0.3 is 7.12 Å². The summed E-state index contributed by atoms with van der Waals surface area (Å²) in [6.07, 6.45) is 0. The first-order valence-corrected chi connectivity index (χ1v) is 10.0. The summed E-state index contributed by atoms with van der Waals surface area (Å²) in [7, 11) is -1.33. The molecular formula is C27H26BN3O2. The van der Waals surface area contributed by atoms with E-state index in [2.05, 4.69) is 15.0 Å². The van der Waals surface area contributed by atoms with E-state index in [1.807, 2.05) is 0 Å². The Balaban J connectivity index is 1.91. The molecule has 164 valence electrons. The SMILES string of the molecule is [2H]c1c([2H])c([2H])c(-c2nc(-c3c([2H])c([2H])c([2H])c([2H])c3[2H])nc(-c3c([2H])c([2H])c([2H])c(B4OC(C)(C)C(C)(C)O4)c3[2H])n2)c([2H])c1[2H]. The van der Waals surface area contributed by atoms with Crippen molar-refractivity contribution in [1.29, 1.82) is 0 Å². The van der Waals surface area contributed by atoms with Crippen molar-refractivity contribution in [3.8, 4) is 34.2 Å². The molecule has 33 heavy (non-hydrogen) atoms. The number of hydrogen-bond donors (Lipinski definition) is 0. The van der Waals surface area contributed by atoms with Crippen LogP contribution >= 0.6 is 0 Å².